The van der Waals surface area contributed by atoms with Gasteiger partial charge in [0.05, 0.1) is 6.54 Å². The molecule has 1 atom stereocenters. The molecule has 98 valence electrons. The van der Waals surface area contributed by atoms with Crippen molar-refractivity contribution in [2.45, 2.75) is 32.7 Å². The number of hydrogen-bond acceptors (Lipinski definition) is 3. The fourth-order valence-electron chi connectivity index (χ4n) is 2.32. The average Bonchev–Trinajstić information content (AvgIpc) is 2.79. The normalized spacial score (nSPS) is 19.5. The average molecular weight is 241 g/mol. The molecule has 0 bridgehead atoms. The third-order valence-corrected chi connectivity index (χ3v) is 3.26. The first-order valence-electron chi connectivity index (χ1n) is 6.38. The molecule has 0 spiro atoms. The van der Waals surface area contributed by atoms with E-state index in [1.807, 2.05) is 13.8 Å². The summed E-state index contributed by atoms with van der Waals surface area (Å²) in [5, 5.41) is 2.84. The van der Waals surface area contributed by atoms with Gasteiger partial charge in [0.1, 0.15) is 6.04 Å². The lowest BCUT2D eigenvalue weighted by Gasteiger charge is -2.29. The van der Waals surface area contributed by atoms with E-state index in [2.05, 4.69) is 5.32 Å². The summed E-state index contributed by atoms with van der Waals surface area (Å²) in [6.45, 7) is 6.37. The molecule has 0 aliphatic carbocycles. The summed E-state index contributed by atoms with van der Waals surface area (Å²) in [6, 6.07) is -0.240. The molecule has 1 aliphatic heterocycles. The van der Waals surface area contributed by atoms with Crippen LogP contribution in [-0.4, -0.2) is 60.9 Å². The van der Waals surface area contributed by atoms with Gasteiger partial charge in [-0.15, -0.1) is 0 Å². The predicted molar refractivity (Wildman–Crippen MR) is 66.6 cm³/mol. The van der Waals surface area contributed by atoms with Crippen LogP contribution < -0.4 is 5.32 Å². The predicted octanol–water partition coefficient (Wildman–Crippen LogP) is 0.0652. The van der Waals surface area contributed by atoms with Crippen LogP contribution >= 0.6 is 0 Å². The highest BCUT2D eigenvalue weighted by Gasteiger charge is 2.35. The number of rotatable bonds is 5. The number of carbonyl (C=O) groups is 2. The van der Waals surface area contributed by atoms with Gasteiger partial charge < -0.3 is 15.1 Å². The maximum atomic E-state index is 12.2. The maximum Gasteiger partial charge on any atom is 0.245 e. The monoisotopic (exact) mass is 241 g/mol. The summed E-state index contributed by atoms with van der Waals surface area (Å²) in [6.07, 6.45) is 1.72. The van der Waals surface area contributed by atoms with E-state index in [1.54, 1.807) is 16.8 Å². The zero-order valence-electron chi connectivity index (χ0n) is 11.0. The minimum absolute atomic E-state index is 0.0236. The van der Waals surface area contributed by atoms with E-state index < -0.39 is 0 Å². The van der Waals surface area contributed by atoms with Crippen LogP contribution in [0.5, 0.6) is 0 Å². The molecule has 5 heteroatoms. The fraction of sp³-hybridized carbons (Fsp3) is 0.833. The van der Waals surface area contributed by atoms with Crippen LogP contribution in [-0.2, 0) is 9.59 Å². The number of hydrogen-bond donors (Lipinski definition) is 1. The van der Waals surface area contributed by atoms with E-state index >= 15 is 0 Å². The number of amides is 2. The smallest absolute Gasteiger partial charge is 0.245 e. The number of likely N-dealkylation sites (tertiary alicyclic amines) is 1. The van der Waals surface area contributed by atoms with Gasteiger partial charge in [0.2, 0.25) is 11.8 Å². The van der Waals surface area contributed by atoms with E-state index in [0.29, 0.717) is 26.2 Å². The maximum absolute atomic E-state index is 12.2. The van der Waals surface area contributed by atoms with Crippen molar-refractivity contribution in [1.29, 1.82) is 0 Å². The Kier molecular flexibility index (Phi) is 5.41. The zero-order valence-corrected chi connectivity index (χ0v) is 11.0. The van der Waals surface area contributed by atoms with Gasteiger partial charge in [-0.3, -0.25) is 9.59 Å². The Hall–Kier alpha value is -1.10. The molecule has 2 amide bonds. The highest BCUT2D eigenvalue weighted by Crippen LogP contribution is 2.19. The molecular weight excluding hydrogens is 218 g/mol. The molecule has 0 aromatic rings. The topological polar surface area (TPSA) is 52.7 Å². The first kappa shape index (κ1) is 14.0. The Morgan fingerprint density at radius 1 is 1.35 bits per heavy atom. The van der Waals surface area contributed by atoms with Gasteiger partial charge in [0, 0.05) is 19.6 Å². The first-order chi connectivity index (χ1) is 8.15. The SMILES string of the molecule is CCN(CC)C(=O)C1CCCN1C(=O)CNC. The second-order valence-electron chi connectivity index (χ2n) is 4.29. The standard InChI is InChI=1S/C12H23N3O2/c1-4-14(5-2)12(17)10-7-6-8-15(10)11(16)9-13-3/h10,13H,4-9H2,1-3H3. The van der Waals surface area contributed by atoms with Crippen molar-refractivity contribution in [3.63, 3.8) is 0 Å². The van der Waals surface area contributed by atoms with E-state index in [9.17, 15) is 9.59 Å². The number of carbonyl (C=O) groups excluding carboxylic acids is 2. The molecule has 1 N–H and O–H groups in total. The third-order valence-electron chi connectivity index (χ3n) is 3.26. The Morgan fingerprint density at radius 2 is 2.00 bits per heavy atom. The quantitative estimate of drug-likeness (QED) is 0.741. The van der Waals surface area contributed by atoms with E-state index in [0.717, 1.165) is 12.8 Å². The van der Waals surface area contributed by atoms with E-state index in [4.69, 9.17) is 0 Å². The van der Waals surface area contributed by atoms with E-state index in [-0.39, 0.29) is 17.9 Å². The fourth-order valence-corrected chi connectivity index (χ4v) is 2.32. The van der Waals surface area contributed by atoms with Crippen LogP contribution in [0, 0.1) is 0 Å². The summed E-state index contributed by atoms with van der Waals surface area (Å²) in [5.74, 6) is 0.118. The molecule has 5 nitrogen and oxygen atoms in total. The van der Waals surface area contributed by atoms with Crippen molar-refractivity contribution < 1.29 is 9.59 Å². The number of nitrogens with one attached hydrogen (secondary N) is 1. The van der Waals surface area contributed by atoms with Crippen molar-refractivity contribution in [1.82, 2.24) is 15.1 Å². The number of likely N-dealkylation sites (N-methyl/N-ethyl adjacent to an activating group) is 2. The highest BCUT2D eigenvalue weighted by atomic mass is 16.2. The van der Waals surface area contributed by atoms with Crippen molar-refractivity contribution in [2.24, 2.45) is 0 Å². The summed E-state index contributed by atoms with van der Waals surface area (Å²) >= 11 is 0. The summed E-state index contributed by atoms with van der Waals surface area (Å²) in [5.41, 5.74) is 0. The highest BCUT2D eigenvalue weighted by molar-refractivity contribution is 5.89. The molecule has 0 aromatic heterocycles. The van der Waals surface area contributed by atoms with Crippen LogP contribution in [0.25, 0.3) is 0 Å². The van der Waals surface area contributed by atoms with Gasteiger partial charge in [0.15, 0.2) is 0 Å². The molecule has 1 aliphatic rings. The minimum atomic E-state index is -0.240. The molecule has 0 aromatic carbocycles. The Morgan fingerprint density at radius 3 is 2.53 bits per heavy atom. The van der Waals surface area contributed by atoms with Crippen LogP contribution in [0.3, 0.4) is 0 Å². The van der Waals surface area contributed by atoms with Gasteiger partial charge in [-0.05, 0) is 33.7 Å². The van der Waals surface area contributed by atoms with Crippen LogP contribution in [0.2, 0.25) is 0 Å². The molecule has 1 unspecified atom stereocenters. The lowest BCUT2D eigenvalue weighted by Crippen LogP contribution is -2.49. The Labute approximate surface area is 103 Å². The van der Waals surface area contributed by atoms with Crippen molar-refractivity contribution in [2.75, 3.05) is 33.2 Å². The Balaban J connectivity index is 2.68. The van der Waals surface area contributed by atoms with Crippen LogP contribution in [0.4, 0.5) is 0 Å². The zero-order chi connectivity index (χ0) is 12.8. The van der Waals surface area contributed by atoms with Gasteiger partial charge in [-0.2, -0.15) is 0 Å². The summed E-state index contributed by atoms with van der Waals surface area (Å²) < 4.78 is 0. The largest absolute Gasteiger partial charge is 0.341 e. The summed E-state index contributed by atoms with van der Waals surface area (Å²) in [7, 11) is 1.75. The summed E-state index contributed by atoms with van der Waals surface area (Å²) in [4.78, 5) is 27.6. The van der Waals surface area contributed by atoms with E-state index in [1.165, 1.54) is 0 Å². The molecule has 1 rings (SSSR count). The molecule has 17 heavy (non-hydrogen) atoms. The minimum Gasteiger partial charge on any atom is -0.341 e. The van der Waals surface area contributed by atoms with Crippen molar-refractivity contribution in [3.8, 4) is 0 Å². The molecule has 1 saturated heterocycles. The Bertz CT molecular complexity index is 277. The lowest BCUT2D eigenvalue weighted by atomic mass is 10.2. The molecule has 0 saturated carbocycles. The third kappa shape index (κ3) is 3.19. The van der Waals surface area contributed by atoms with Gasteiger partial charge in [0.25, 0.3) is 0 Å². The second-order valence-corrected chi connectivity index (χ2v) is 4.29. The van der Waals surface area contributed by atoms with Gasteiger partial charge in [-0.1, -0.05) is 0 Å². The first-order valence-corrected chi connectivity index (χ1v) is 6.38. The van der Waals surface area contributed by atoms with Crippen molar-refractivity contribution >= 4 is 11.8 Å². The van der Waals surface area contributed by atoms with Crippen LogP contribution in [0.15, 0.2) is 0 Å². The van der Waals surface area contributed by atoms with Crippen LogP contribution in [0.1, 0.15) is 26.7 Å². The molecular formula is C12H23N3O2. The molecule has 0 radical (unpaired) electrons. The molecule has 1 heterocycles. The van der Waals surface area contributed by atoms with Gasteiger partial charge in [-0.25, -0.2) is 0 Å². The number of nitrogens with zero attached hydrogens (tertiary/aromatic N) is 2. The lowest BCUT2D eigenvalue weighted by molar-refractivity contribution is -0.143. The van der Waals surface area contributed by atoms with Crippen molar-refractivity contribution in [3.05, 3.63) is 0 Å². The second kappa shape index (κ2) is 6.59. The molecule has 1 fully saturated rings. The van der Waals surface area contributed by atoms with Gasteiger partial charge >= 0.3 is 0 Å².